The van der Waals surface area contributed by atoms with Gasteiger partial charge in [-0.25, -0.2) is 0 Å². The molecule has 1 N–H and O–H groups in total. The molecule has 1 heterocycles. The van der Waals surface area contributed by atoms with E-state index in [2.05, 4.69) is 48.3 Å². The quantitative estimate of drug-likeness (QED) is 0.851. The van der Waals surface area contributed by atoms with Crippen molar-refractivity contribution in [1.29, 1.82) is 0 Å². The Kier molecular flexibility index (Phi) is 5.83. The highest BCUT2D eigenvalue weighted by molar-refractivity contribution is 5.23. The summed E-state index contributed by atoms with van der Waals surface area (Å²) in [4.78, 5) is 2.46. The molecule has 19 heavy (non-hydrogen) atoms. The molecule has 1 fully saturated rings. The fraction of sp³-hybridized carbons (Fsp3) is 0.625. The van der Waals surface area contributed by atoms with Crippen LogP contribution >= 0.6 is 0 Å². The minimum atomic E-state index is 0.705. The molecular formula is C16H26N2O. The number of nitrogens with one attached hydrogen (secondary N) is 1. The van der Waals surface area contributed by atoms with E-state index in [4.69, 9.17) is 4.74 Å². The van der Waals surface area contributed by atoms with Crippen molar-refractivity contribution in [2.24, 2.45) is 5.92 Å². The van der Waals surface area contributed by atoms with Crippen molar-refractivity contribution in [3.63, 3.8) is 0 Å². The molecule has 1 aliphatic rings. The lowest BCUT2D eigenvalue weighted by atomic mass is 10.1. The van der Waals surface area contributed by atoms with Gasteiger partial charge in [-0.05, 0) is 23.6 Å². The van der Waals surface area contributed by atoms with Gasteiger partial charge in [-0.3, -0.25) is 4.90 Å². The van der Waals surface area contributed by atoms with E-state index >= 15 is 0 Å². The number of hydrogen-bond donors (Lipinski definition) is 1. The van der Waals surface area contributed by atoms with Crippen LogP contribution in [0.5, 0.6) is 0 Å². The minimum Gasteiger partial charge on any atom is -0.379 e. The number of rotatable bonds is 6. The van der Waals surface area contributed by atoms with Crippen LogP contribution in [-0.4, -0.2) is 37.7 Å². The van der Waals surface area contributed by atoms with Crippen molar-refractivity contribution < 1.29 is 4.74 Å². The molecule has 0 atom stereocenters. The maximum absolute atomic E-state index is 5.38. The highest BCUT2D eigenvalue weighted by Crippen LogP contribution is 2.10. The first-order valence-corrected chi connectivity index (χ1v) is 7.32. The van der Waals surface area contributed by atoms with Crippen LogP contribution in [0.2, 0.25) is 0 Å². The largest absolute Gasteiger partial charge is 0.379 e. The molecule has 0 radical (unpaired) electrons. The van der Waals surface area contributed by atoms with E-state index in [0.717, 1.165) is 45.9 Å². The van der Waals surface area contributed by atoms with Gasteiger partial charge in [0.05, 0.1) is 13.2 Å². The zero-order valence-corrected chi connectivity index (χ0v) is 12.2. The van der Waals surface area contributed by atoms with Gasteiger partial charge >= 0.3 is 0 Å². The first-order chi connectivity index (χ1) is 9.24. The maximum Gasteiger partial charge on any atom is 0.0594 e. The predicted molar refractivity (Wildman–Crippen MR) is 79.1 cm³/mol. The topological polar surface area (TPSA) is 24.5 Å². The van der Waals surface area contributed by atoms with Crippen LogP contribution in [0, 0.1) is 5.92 Å². The molecule has 106 valence electrons. The molecule has 1 saturated heterocycles. The highest BCUT2D eigenvalue weighted by Gasteiger charge is 2.10. The second-order valence-electron chi connectivity index (χ2n) is 5.73. The molecule has 3 nitrogen and oxygen atoms in total. The van der Waals surface area contributed by atoms with Gasteiger partial charge < -0.3 is 10.1 Å². The molecule has 0 unspecified atom stereocenters. The smallest absolute Gasteiger partial charge is 0.0594 e. The van der Waals surface area contributed by atoms with Gasteiger partial charge in [0.2, 0.25) is 0 Å². The SMILES string of the molecule is CC(C)CNCc1cccc(CN2CCOCC2)c1. The second-order valence-corrected chi connectivity index (χ2v) is 5.73. The van der Waals surface area contributed by atoms with E-state index in [0.29, 0.717) is 5.92 Å². The van der Waals surface area contributed by atoms with Crippen molar-refractivity contribution in [1.82, 2.24) is 10.2 Å². The summed E-state index contributed by atoms with van der Waals surface area (Å²) in [7, 11) is 0. The summed E-state index contributed by atoms with van der Waals surface area (Å²) < 4.78 is 5.38. The molecule has 1 aliphatic heterocycles. The van der Waals surface area contributed by atoms with Crippen LogP contribution in [0.25, 0.3) is 0 Å². The second kappa shape index (κ2) is 7.63. The van der Waals surface area contributed by atoms with Crippen LogP contribution in [0.1, 0.15) is 25.0 Å². The van der Waals surface area contributed by atoms with Gasteiger partial charge in [-0.2, -0.15) is 0 Å². The average molecular weight is 262 g/mol. The van der Waals surface area contributed by atoms with Crippen LogP contribution < -0.4 is 5.32 Å². The van der Waals surface area contributed by atoms with Gasteiger partial charge in [0.15, 0.2) is 0 Å². The van der Waals surface area contributed by atoms with Crippen molar-refractivity contribution in [3.8, 4) is 0 Å². The van der Waals surface area contributed by atoms with Crippen molar-refractivity contribution in [2.75, 3.05) is 32.8 Å². The van der Waals surface area contributed by atoms with Crippen LogP contribution in [0.4, 0.5) is 0 Å². The lowest BCUT2D eigenvalue weighted by Crippen LogP contribution is -2.35. The van der Waals surface area contributed by atoms with E-state index in [9.17, 15) is 0 Å². The molecular weight excluding hydrogens is 236 g/mol. The van der Waals surface area contributed by atoms with Crippen molar-refractivity contribution in [2.45, 2.75) is 26.9 Å². The number of ether oxygens (including phenoxy) is 1. The number of nitrogens with zero attached hydrogens (tertiary/aromatic N) is 1. The molecule has 3 heteroatoms. The summed E-state index contributed by atoms with van der Waals surface area (Å²) in [6.45, 7) is 11.4. The Labute approximate surface area is 116 Å². The van der Waals surface area contributed by atoms with Crippen molar-refractivity contribution in [3.05, 3.63) is 35.4 Å². The Hall–Kier alpha value is -0.900. The number of benzene rings is 1. The fourth-order valence-corrected chi connectivity index (χ4v) is 2.36. The number of morpholine rings is 1. The lowest BCUT2D eigenvalue weighted by molar-refractivity contribution is 0.0342. The van der Waals surface area contributed by atoms with Crippen molar-refractivity contribution >= 4 is 0 Å². The molecule has 1 aromatic rings. The third kappa shape index (κ3) is 5.31. The summed E-state index contributed by atoms with van der Waals surface area (Å²) in [6, 6.07) is 8.92. The Bertz CT molecular complexity index is 373. The monoisotopic (exact) mass is 262 g/mol. The summed E-state index contributed by atoms with van der Waals surface area (Å²) in [5.74, 6) is 0.705. The zero-order chi connectivity index (χ0) is 13.5. The van der Waals surface area contributed by atoms with Gasteiger partial charge in [0.1, 0.15) is 0 Å². The third-order valence-electron chi connectivity index (χ3n) is 3.38. The van der Waals surface area contributed by atoms with Gasteiger partial charge in [0, 0.05) is 26.2 Å². The first kappa shape index (κ1) is 14.5. The normalized spacial score (nSPS) is 17.0. The molecule has 0 bridgehead atoms. The molecule has 0 aromatic heterocycles. The Morgan fingerprint density at radius 3 is 2.68 bits per heavy atom. The summed E-state index contributed by atoms with van der Waals surface area (Å²) >= 11 is 0. The van der Waals surface area contributed by atoms with Crippen LogP contribution in [-0.2, 0) is 17.8 Å². The minimum absolute atomic E-state index is 0.705. The zero-order valence-electron chi connectivity index (χ0n) is 12.2. The Morgan fingerprint density at radius 1 is 1.21 bits per heavy atom. The van der Waals surface area contributed by atoms with E-state index in [1.165, 1.54) is 11.1 Å². The molecule has 0 amide bonds. The highest BCUT2D eigenvalue weighted by atomic mass is 16.5. The molecule has 2 rings (SSSR count). The van der Waals surface area contributed by atoms with Gasteiger partial charge in [-0.15, -0.1) is 0 Å². The predicted octanol–water partition coefficient (Wildman–Crippen LogP) is 2.26. The van der Waals surface area contributed by atoms with E-state index in [-0.39, 0.29) is 0 Å². The standard InChI is InChI=1S/C16H26N2O/c1-14(2)11-17-12-15-4-3-5-16(10-15)13-18-6-8-19-9-7-18/h3-5,10,14,17H,6-9,11-13H2,1-2H3. The molecule has 0 spiro atoms. The fourth-order valence-electron chi connectivity index (χ4n) is 2.36. The summed E-state index contributed by atoms with van der Waals surface area (Å²) in [5, 5.41) is 3.50. The summed E-state index contributed by atoms with van der Waals surface area (Å²) in [6.07, 6.45) is 0. The third-order valence-corrected chi connectivity index (χ3v) is 3.38. The van der Waals surface area contributed by atoms with E-state index in [1.54, 1.807) is 0 Å². The Morgan fingerprint density at radius 2 is 1.95 bits per heavy atom. The van der Waals surface area contributed by atoms with E-state index in [1.807, 2.05) is 0 Å². The first-order valence-electron chi connectivity index (χ1n) is 7.32. The van der Waals surface area contributed by atoms with Gasteiger partial charge in [-0.1, -0.05) is 38.1 Å². The lowest BCUT2D eigenvalue weighted by Gasteiger charge is -2.26. The van der Waals surface area contributed by atoms with E-state index < -0.39 is 0 Å². The van der Waals surface area contributed by atoms with Crippen LogP contribution in [0.15, 0.2) is 24.3 Å². The molecule has 0 saturated carbocycles. The molecule has 1 aromatic carbocycles. The Balaban J connectivity index is 1.83. The summed E-state index contributed by atoms with van der Waals surface area (Å²) in [5.41, 5.74) is 2.79. The maximum atomic E-state index is 5.38. The van der Waals surface area contributed by atoms with Gasteiger partial charge in [0.25, 0.3) is 0 Å². The average Bonchev–Trinajstić information content (AvgIpc) is 2.40. The van der Waals surface area contributed by atoms with Crippen LogP contribution in [0.3, 0.4) is 0 Å². The molecule has 0 aliphatic carbocycles. The number of hydrogen-bond acceptors (Lipinski definition) is 3.